The Morgan fingerprint density at radius 3 is 1.43 bits per heavy atom. The van der Waals surface area contributed by atoms with Gasteiger partial charge in [0.15, 0.2) is 0 Å². The van der Waals surface area contributed by atoms with Crippen molar-refractivity contribution in [2.24, 2.45) is 0 Å². The number of hydrogen-bond donors (Lipinski definition) is 0. The summed E-state index contributed by atoms with van der Waals surface area (Å²) in [4.78, 5) is 23.9. The van der Waals surface area contributed by atoms with E-state index in [-0.39, 0.29) is 11.6 Å². The minimum atomic E-state index is -0.874. The molecule has 2 aromatic rings. The summed E-state index contributed by atoms with van der Waals surface area (Å²) in [7, 11) is 0. The van der Waals surface area contributed by atoms with E-state index in [9.17, 15) is 9.59 Å². The van der Waals surface area contributed by atoms with Crippen LogP contribution in [0.5, 0.6) is 0 Å². The third kappa shape index (κ3) is 6.78. The maximum atomic E-state index is 12.0. The van der Waals surface area contributed by atoms with E-state index in [2.05, 4.69) is 0 Å². The van der Waals surface area contributed by atoms with Crippen molar-refractivity contribution in [2.75, 3.05) is 0 Å². The minimum absolute atomic E-state index is 0.262. The Bertz CT molecular complexity index is 553. The van der Waals surface area contributed by atoms with Crippen LogP contribution in [0.25, 0.3) is 0 Å². The predicted octanol–water partition coefficient (Wildman–Crippen LogP) is 5.23. The fourth-order valence-electron chi connectivity index (χ4n) is 2.64. The van der Waals surface area contributed by atoms with Crippen LogP contribution < -0.4 is 0 Å². The molecule has 2 aromatic carbocycles. The number of carbonyl (C=O) groups excluding carboxylic acids is 2. The van der Waals surface area contributed by atoms with Gasteiger partial charge in [0, 0.05) is 0 Å². The van der Waals surface area contributed by atoms with Crippen LogP contribution in [0.1, 0.15) is 46.4 Å². The van der Waals surface area contributed by atoms with Gasteiger partial charge in [0.25, 0.3) is 0 Å². The van der Waals surface area contributed by atoms with Crippen molar-refractivity contribution in [3.63, 3.8) is 0 Å². The summed E-state index contributed by atoms with van der Waals surface area (Å²) >= 11 is -0.874. The zero-order valence-electron chi connectivity index (χ0n) is 13.5. The Hall–Kier alpha value is -1.28. The molecule has 0 N–H and O–H groups in total. The SMILES string of the molecule is O=C(CC[CH2][Hg][CH2]CCC(=O)c1ccccc1)c1ccccc1. The second kappa shape index (κ2) is 10.5. The van der Waals surface area contributed by atoms with Crippen LogP contribution in [-0.4, -0.2) is 11.6 Å². The zero-order chi connectivity index (χ0) is 16.3. The van der Waals surface area contributed by atoms with Crippen LogP contribution in [0, 0.1) is 0 Å². The van der Waals surface area contributed by atoms with Gasteiger partial charge < -0.3 is 0 Å². The van der Waals surface area contributed by atoms with Gasteiger partial charge in [0.05, 0.1) is 0 Å². The topological polar surface area (TPSA) is 34.1 Å². The summed E-state index contributed by atoms with van der Waals surface area (Å²) < 4.78 is 2.55. The van der Waals surface area contributed by atoms with Gasteiger partial charge in [-0.25, -0.2) is 0 Å². The summed E-state index contributed by atoms with van der Waals surface area (Å²) in [5.41, 5.74) is 1.66. The molecule has 0 aliphatic heterocycles. The molecule has 0 bridgehead atoms. The quantitative estimate of drug-likeness (QED) is 0.257. The molecule has 0 unspecified atom stereocenters. The van der Waals surface area contributed by atoms with Gasteiger partial charge >= 0.3 is 151 Å². The van der Waals surface area contributed by atoms with Crippen LogP contribution in [0.15, 0.2) is 60.7 Å². The average molecular weight is 495 g/mol. The van der Waals surface area contributed by atoms with Crippen molar-refractivity contribution in [3.05, 3.63) is 71.8 Å². The summed E-state index contributed by atoms with van der Waals surface area (Å²) in [5, 5.41) is 0. The Balaban J connectivity index is 1.53. The molecule has 3 heteroatoms. The monoisotopic (exact) mass is 496 g/mol. The van der Waals surface area contributed by atoms with E-state index in [0.29, 0.717) is 12.8 Å². The van der Waals surface area contributed by atoms with Crippen molar-refractivity contribution in [1.29, 1.82) is 0 Å². The molecule has 23 heavy (non-hydrogen) atoms. The van der Waals surface area contributed by atoms with Gasteiger partial charge in [-0.1, -0.05) is 0 Å². The van der Waals surface area contributed by atoms with Gasteiger partial charge in [0.1, 0.15) is 0 Å². The Kier molecular flexibility index (Phi) is 8.23. The molecule has 0 heterocycles. The van der Waals surface area contributed by atoms with Gasteiger partial charge in [-0.3, -0.25) is 0 Å². The molecule has 0 saturated heterocycles. The van der Waals surface area contributed by atoms with E-state index >= 15 is 0 Å². The number of carbonyl (C=O) groups is 2. The number of rotatable bonds is 10. The second-order valence-corrected chi connectivity index (χ2v) is 14.1. The molecule has 0 aromatic heterocycles. The molecule has 116 valence electrons. The van der Waals surface area contributed by atoms with E-state index in [0.717, 1.165) is 24.0 Å². The number of Topliss-reactive ketones (excluding diaryl/α,β-unsaturated/α-hetero) is 2. The Morgan fingerprint density at radius 1 is 0.652 bits per heavy atom. The van der Waals surface area contributed by atoms with E-state index in [1.807, 2.05) is 60.7 Å². The normalized spacial score (nSPS) is 10.1. The fourth-order valence-corrected chi connectivity index (χ4v) is 8.71. The first kappa shape index (κ1) is 18.1. The van der Waals surface area contributed by atoms with Crippen LogP contribution in [0.4, 0.5) is 0 Å². The van der Waals surface area contributed by atoms with Crippen LogP contribution in [0.2, 0.25) is 7.86 Å². The third-order valence-corrected chi connectivity index (χ3v) is 11.8. The molecule has 2 rings (SSSR count). The number of hydrogen-bond acceptors (Lipinski definition) is 2. The standard InChI is InChI=1S/2C10H11O.Hg/c2*1-2-6-10(11)9-7-4-3-5-8-9;/h2*3-5,7-8H,1-2,6H2;. The van der Waals surface area contributed by atoms with Crippen molar-refractivity contribution in [2.45, 2.75) is 33.5 Å². The summed E-state index contributed by atoms with van der Waals surface area (Å²) in [5.74, 6) is 0.525. The molecule has 0 saturated carbocycles. The van der Waals surface area contributed by atoms with E-state index in [4.69, 9.17) is 0 Å². The zero-order valence-corrected chi connectivity index (χ0v) is 19.0. The fraction of sp³-hybridized carbons (Fsp3) is 0.300. The molecule has 2 nitrogen and oxygen atoms in total. The predicted molar refractivity (Wildman–Crippen MR) is 89.6 cm³/mol. The Labute approximate surface area is 150 Å². The van der Waals surface area contributed by atoms with Crippen molar-refractivity contribution in [3.8, 4) is 0 Å². The van der Waals surface area contributed by atoms with Crippen molar-refractivity contribution < 1.29 is 34.2 Å². The summed E-state index contributed by atoms with van der Waals surface area (Å²) in [6.45, 7) is 0. The first-order valence-electron chi connectivity index (χ1n) is 8.44. The average Bonchev–Trinajstić information content (AvgIpc) is 2.62. The summed E-state index contributed by atoms with van der Waals surface area (Å²) in [6, 6.07) is 19.1. The van der Waals surface area contributed by atoms with Gasteiger partial charge in [-0.05, 0) is 0 Å². The van der Waals surface area contributed by atoms with Crippen molar-refractivity contribution >= 4 is 11.6 Å². The molecule has 0 aliphatic carbocycles. The molecule has 0 fully saturated rings. The maximum absolute atomic E-state index is 12.0. The molecular weight excluding hydrogens is 473 g/mol. The second-order valence-electron chi connectivity index (χ2n) is 5.85. The molecule has 0 radical (unpaired) electrons. The molecule has 0 spiro atoms. The van der Waals surface area contributed by atoms with E-state index in [1.54, 1.807) is 0 Å². The van der Waals surface area contributed by atoms with Gasteiger partial charge in [-0.2, -0.15) is 0 Å². The third-order valence-electron chi connectivity index (χ3n) is 4.00. The molecule has 0 atom stereocenters. The van der Waals surface area contributed by atoms with Crippen molar-refractivity contribution in [1.82, 2.24) is 0 Å². The first-order valence-corrected chi connectivity index (χ1v) is 16.2. The van der Waals surface area contributed by atoms with Crippen LogP contribution in [0.3, 0.4) is 0 Å². The van der Waals surface area contributed by atoms with Crippen LogP contribution >= 0.6 is 0 Å². The number of benzene rings is 2. The summed E-state index contributed by atoms with van der Waals surface area (Å²) in [6.07, 6.45) is 3.41. The molecule has 0 amide bonds. The van der Waals surface area contributed by atoms with E-state index < -0.39 is 24.6 Å². The van der Waals surface area contributed by atoms with Crippen LogP contribution in [-0.2, 0) is 24.6 Å². The molecule has 0 aliphatic rings. The molecular formula is C20H22HgO2. The number of ketones is 2. The Morgan fingerprint density at radius 2 is 1.04 bits per heavy atom. The van der Waals surface area contributed by atoms with Gasteiger partial charge in [-0.15, -0.1) is 0 Å². The van der Waals surface area contributed by atoms with Gasteiger partial charge in [0.2, 0.25) is 0 Å². The van der Waals surface area contributed by atoms with E-state index in [1.165, 1.54) is 7.86 Å². The first-order chi connectivity index (χ1) is 11.3.